The molecule has 0 spiro atoms. The molecule has 0 saturated carbocycles. The van der Waals surface area contributed by atoms with Crippen molar-refractivity contribution >= 4 is 23.9 Å². The van der Waals surface area contributed by atoms with Crippen molar-refractivity contribution in [3.05, 3.63) is 35.4 Å². The van der Waals surface area contributed by atoms with Gasteiger partial charge in [-0.2, -0.15) is 0 Å². The van der Waals surface area contributed by atoms with Crippen LogP contribution in [-0.4, -0.2) is 23.9 Å². The van der Waals surface area contributed by atoms with Crippen LogP contribution in [0.2, 0.25) is 0 Å². The van der Waals surface area contributed by atoms with Crippen molar-refractivity contribution in [3.8, 4) is 0 Å². The average Bonchev–Trinajstić information content (AvgIpc) is 2.65. The van der Waals surface area contributed by atoms with Crippen molar-refractivity contribution in [3.63, 3.8) is 0 Å². The summed E-state index contributed by atoms with van der Waals surface area (Å²) < 4.78 is 0. The molecule has 0 saturated heterocycles. The zero-order chi connectivity index (χ0) is 18.8. The fraction of sp³-hybridized carbons (Fsp3) is 0.444. The number of carbonyl (C=O) groups excluding carboxylic acids is 4. The third kappa shape index (κ3) is 6.54. The van der Waals surface area contributed by atoms with Crippen molar-refractivity contribution in [1.82, 2.24) is 0 Å². The maximum Gasteiger partial charge on any atom is 0.386 e. The Balaban J connectivity index is 1.99. The average molecular weight is 364 g/mol. The first-order valence-corrected chi connectivity index (χ1v) is 8.49. The summed E-state index contributed by atoms with van der Waals surface area (Å²) in [6.45, 7) is 0. The molecule has 26 heavy (non-hydrogen) atoms. The lowest BCUT2D eigenvalue weighted by molar-refractivity contribution is -0.234. The van der Waals surface area contributed by atoms with E-state index in [0.717, 1.165) is 25.7 Å². The van der Waals surface area contributed by atoms with Gasteiger partial charge in [0.05, 0.1) is 24.0 Å². The Hall–Kier alpha value is -2.90. The van der Waals surface area contributed by atoms with Gasteiger partial charge < -0.3 is 0 Å². The van der Waals surface area contributed by atoms with Crippen molar-refractivity contribution < 1.29 is 38.7 Å². The van der Waals surface area contributed by atoms with Crippen molar-refractivity contribution in [2.24, 2.45) is 0 Å². The fourth-order valence-electron chi connectivity index (χ4n) is 2.34. The van der Waals surface area contributed by atoms with Gasteiger partial charge in [0.1, 0.15) is 0 Å². The highest BCUT2D eigenvalue weighted by molar-refractivity contribution is 5.93. The Bertz CT molecular complexity index is 593. The maximum absolute atomic E-state index is 11.8. The minimum Gasteiger partial charge on any atom is -0.247 e. The molecule has 0 N–H and O–H groups in total. The highest BCUT2D eigenvalue weighted by Gasteiger charge is 2.16. The fourth-order valence-corrected chi connectivity index (χ4v) is 2.34. The molecule has 0 aromatic heterocycles. The topological polar surface area (TPSA) is 105 Å². The second kappa shape index (κ2) is 10.2. The van der Waals surface area contributed by atoms with Crippen LogP contribution in [0.25, 0.3) is 0 Å². The molecule has 0 unspecified atom stereocenters. The molecule has 1 aromatic carbocycles. The van der Waals surface area contributed by atoms with E-state index in [1.807, 2.05) is 0 Å². The van der Waals surface area contributed by atoms with Crippen LogP contribution >= 0.6 is 0 Å². The molecule has 8 nitrogen and oxygen atoms in total. The molecule has 1 aromatic rings. The monoisotopic (exact) mass is 364 g/mol. The van der Waals surface area contributed by atoms with E-state index in [4.69, 9.17) is 0 Å². The summed E-state index contributed by atoms with van der Waals surface area (Å²) in [7, 11) is 0. The second-order valence-electron chi connectivity index (χ2n) is 5.85. The van der Waals surface area contributed by atoms with E-state index in [-0.39, 0.29) is 24.0 Å². The molecule has 0 atom stereocenters. The van der Waals surface area contributed by atoms with Gasteiger partial charge in [0.25, 0.3) is 0 Å². The van der Waals surface area contributed by atoms with Crippen LogP contribution in [0, 0.1) is 0 Å². The molecule has 0 amide bonds. The van der Waals surface area contributed by atoms with Gasteiger partial charge in [-0.05, 0) is 37.1 Å². The molecule has 2 heterocycles. The van der Waals surface area contributed by atoms with Crippen LogP contribution in [0.1, 0.15) is 72.1 Å². The Morgan fingerprint density at radius 1 is 0.500 bits per heavy atom. The predicted molar refractivity (Wildman–Crippen MR) is 86.4 cm³/mol. The third-order valence-corrected chi connectivity index (χ3v) is 3.79. The first-order chi connectivity index (χ1) is 12.6. The van der Waals surface area contributed by atoms with Gasteiger partial charge in [-0.1, -0.05) is 25.7 Å². The predicted octanol–water partition coefficient (Wildman–Crippen LogP) is 3.05. The van der Waals surface area contributed by atoms with Crippen molar-refractivity contribution in [2.45, 2.75) is 51.4 Å². The lowest BCUT2D eigenvalue weighted by Crippen LogP contribution is -2.13. The van der Waals surface area contributed by atoms with Crippen LogP contribution in [0.5, 0.6) is 0 Å². The van der Waals surface area contributed by atoms with E-state index in [1.54, 1.807) is 0 Å². The minimum absolute atomic E-state index is 0.0840. The number of fused-ring (bicyclic) bond motifs is 17. The molecular weight excluding hydrogens is 344 g/mol. The summed E-state index contributed by atoms with van der Waals surface area (Å²) >= 11 is 0. The first kappa shape index (κ1) is 19.4. The largest absolute Gasteiger partial charge is 0.386 e. The van der Waals surface area contributed by atoms with Gasteiger partial charge in [-0.3, -0.25) is 0 Å². The number of carbonyl (C=O) groups is 4. The van der Waals surface area contributed by atoms with Crippen LogP contribution < -0.4 is 0 Å². The Morgan fingerprint density at radius 2 is 0.846 bits per heavy atom. The summed E-state index contributed by atoms with van der Waals surface area (Å²) in [6.07, 6.45) is 5.03. The first-order valence-electron chi connectivity index (χ1n) is 8.49. The SMILES string of the molecule is O=C1CCCCCCCCC(=O)OOC(=O)c2ccc(cc2)C(=O)OO1. The molecule has 2 bridgehead atoms. The normalized spacial score (nSPS) is 18.3. The Kier molecular flexibility index (Phi) is 7.60. The van der Waals surface area contributed by atoms with Gasteiger partial charge in [-0.15, -0.1) is 0 Å². The van der Waals surface area contributed by atoms with Gasteiger partial charge in [0.15, 0.2) is 0 Å². The lowest BCUT2D eigenvalue weighted by Gasteiger charge is -2.06. The van der Waals surface area contributed by atoms with Crippen LogP contribution in [0.3, 0.4) is 0 Å². The zero-order valence-electron chi connectivity index (χ0n) is 14.2. The minimum atomic E-state index is -0.862. The third-order valence-electron chi connectivity index (χ3n) is 3.79. The summed E-state index contributed by atoms with van der Waals surface area (Å²) in [5.74, 6) is -2.95. The van der Waals surface area contributed by atoms with Gasteiger partial charge in [-0.25, -0.2) is 38.7 Å². The number of rotatable bonds is 0. The molecule has 0 radical (unpaired) electrons. The number of benzene rings is 1. The summed E-state index contributed by atoms with van der Waals surface area (Å²) in [6, 6.07) is 5.19. The highest BCUT2D eigenvalue weighted by Crippen LogP contribution is 2.12. The van der Waals surface area contributed by atoms with Crippen LogP contribution in [-0.2, 0) is 29.1 Å². The molecular formula is C18H20O8. The molecule has 0 aliphatic carbocycles. The van der Waals surface area contributed by atoms with E-state index in [2.05, 4.69) is 19.6 Å². The van der Waals surface area contributed by atoms with Crippen molar-refractivity contribution in [1.29, 1.82) is 0 Å². The molecule has 8 heteroatoms. The highest BCUT2D eigenvalue weighted by atomic mass is 17.2. The quantitative estimate of drug-likeness (QED) is 0.647. The van der Waals surface area contributed by atoms with E-state index in [9.17, 15) is 19.2 Å². The number of hydrogen-bond donors (Lipinski definition) is 0. The summed E-state index contributed by atoms with van der Waals surface area (Å²) in [5, 5.41) is 0. The summed E-state index contributed by atoms with van der Waals surface area (Å²) in [5.41, 5.74) is 0.168. The molecule has 3 rings (SSSR count). The van der Waals surface area contributed by atoms with Gasteiger partial charge in [0, 0.05) is 0 Å². The molecule has 140 valence electrons. The van der Waals surface area contributed by atoms with E-state index >= 15 is 0 Å². The second-order valence-corrected chi connectivity index (χ2v) is 5.85. The Labute approximate surface area is 150 Å². The molecule has 2 aliphatic heterocycles. The molecule has 0 fully saturated rings. The summed E-state index contributed by atoms with van der Waals surface area (Å²) in [4.78, 5) is 64.6. The lowest BCUT2D eigenvalue weighted by atomic mass is 10.1. The van der Waals surface area contributed by atoms with Crippen LogP contribution in [0.15, 0.2) is 24.3 Å². The van der Waals surface area contributed by atoms with Gasteiger partial charge in [0.2, 0.25) is 0 Å². The van der Waals surface area contributed by atoms with E-state index in [1.165, 1.54) is 24.3 Å². The molecule has 2 aliphatic rings. The van der Waals surface area contributed by atoms with Gasteiger partial charge >= 0.3 is 23.9 Å². The zero-order valence-corrected chi connectivity index (χ0v) is 14.2. The van der Waals surface area contributed by atoms with E-state index in [0.29, 0.717) is 12.8 Å². The number of hydrogen-bond acceptors (Lipinski definition) is 8. The van der Waals surface area contributed by atoms with E-state index < -0.39 is 23.9 Å². The van der Waals surface area contributed by atoms with Crippen molar-refractivity contribution in [2.75, 3.05) is 0 Å². The standard InChI is InChI=1S/C18H20O8/c19-15-7-5-3-1-2-4-6-8-16(20)24-26-18(22)14-11-9-13(10-12-14)17(21)25-23-15/h9-12H,1-8H2. The smallest absolute Gasteiger partial charge is 0.247 e. The Morgan fingerprint density at radius 3 is 1.23 bits per heavy atom. The maximum atomic E-state index is 11.8. The van der Waals surface area contributed by atoms with Crippen LogP contribution in [0.4, 0.5) is 0 Å².